The fourth-order valence-electron chi connectivity index (χ4n) is 1.98. The quantitative estimate of drug-likeness (QED) is 0.785. The second-order valence-electron chi connectivity index (χ2n) is 5.50. The van der Waals surface area contributed by atoms with E-state index in [0.29, 0.717) is 5.69 Å². The highest BCUT2D eigenvalue weighted by atomic mass is 16.5. The average Bonchev–Trinajstić information content (AvgIpc) is 2.35. The summed E-state index contributed by atoms with van der Waals surface area (Å²) in [4.78, 5) is 34.4. The molecule has 0 saturated heterocycles. The molecule has 0 saturated carbocycles. The van der Waals surface area contributed by atoms with E-state index >= 15 is 0 Å². The molecule has 0 bridgehead atoms. The Kier molecular flexibility index (Phi) is 5.46. The second-order valence-corrected chi connectivity index (χ2v) is 5.50. The van der Waals surface area contributed by atoms with Crippen molar-refractivity contribution in [3.05, 3.63) is 29.8 Å². The van der Waals surface area contributed by atoms with Crippen LogP contribution in [0.25, 0.3) is 0 Å². The van der Waals surface area contributed by atoms with Crippen molar-refractivity contribution in [1.82, 2.24) is 0 Å². The van der Waals surface area contributed by atoms with Crippen molar-refractivity contribution in [1.29, 1.82) is 0 Å². The van der Waals surface area contributed by atoms with Gasteiger partial charge < -0.3 is 15.2 Å². The first-order valence-corrected chi connectivity index (χ1v) is 6.44. The minimum Gasteiger partial charge on any atom is -0.481 e. The topological polar surface area (TPSA) is 92.7 Å². The lowest BCUT2D eigenvalue weighted by molar-refractivity contribution is -0.139. The van der Waals surface area contributed by atoms with E-state index in [1.807, 2.05) is 0 Å². The lowest BCUT2D eigenvalue weighted by Crippen LogP contribution is -2.25. The number of ether oxygens (including phenoxy) is 1. The minimum atomic E-state index is -0.956. The summed E-state index contributed by atoms with van der Waals surface area (Å²) in [6.45, 7) is 3.40. The third kappa shape index (κ3) is 5.25. The van der Waals surface area contributed by atoms with Crippen molar-refractivity contribution >= 4 is 23.5 Å². The first kappa shape index (κ1) is 16.7. The van der Waals surface area contributed by atoms with Crippen LogP contribution in [-0.4, -0.2) is 30.1 Å². The summed E-state index contributed by atoms with van der Waals surface area (Å²) in [6.07, 6.45) is -0.0755. The Balaban J connectivity index is 2.80. The number of benzene rings is 1. The number of carbonyl (C=O) groups excluding carboxylic acids is 2. The van der Waals surface area contributed by atoms with Crippen molar-refractivity contribution in [2.75, 3.05) is 12.4 Å². The molecule has 21 heavy (non-hydrogen) atoms. The van der Waals surface area contributed by atoms with Crippen molar-refractivity contribution in [3.63, 3.8) is 0 Å². The maximum atomic E-state index is 12.0. The number of amides is 1. The Labute approximate surface area is 123 Å². The lowest BCUT2D eigenvalue weighted by Gasteiger charge is -2.21. The third-order valence-corrected chi connectivity index (χ3v) is 2.88. The molecule has 0 aliphatic heterocycles. The van der Waals surface area contributed by atoms with E-state index in [-0.39, 0.29) is 24.3 Å². The molecular weight excluding hydrogens is 274 g/mol. The van der Waals surface area contributed by atoms with Crippen LogP contribution in [0.15, 0.2) is 24.3 Å². The molecular formula is C15H19NO5. The van der Waals surface area contributed by atoms with E-state index in [2.05, 4.69) is 10.1 Å². The van der Waals surface area contributed by atoms with Crippen LogP contribution in [0.3, 0.4) is 0 Å². The maximum Gasteiger partial charge on any atom is 0.339 e. The highest BCUT2D eigenvalue weighted by molar-refractivity contribution is 6.01. The molecule has 0 atom stereocenters. The second kappa shape index (κ2) is 6.88. The van der Waals surface area contributed by atoms with Gasteiger partial charge in [-0.1, -0.05) is 26.0 Å². The summed E-state index contributed by atoms with van der Waals surface area (Å²) < 4.78 is 4.64. The van der Waals surface area contributed by atoms with Gasteiger partial charge in [-0.25, -0.2) is 4.79 Å². The molecule has 2 N–H and O–H groups in total. The van der Waals surface area contributed by atoms with Crippen LogP contribution in [0.1, 0.15) is 37.0 Å². The van der Waals surface area contributed by atoms with Crippen molar-refractivity contribution < 1.29 is 24.2 Å². The van der Waals surface area contributed by atoms with Gasteiger partial charge >= 0.3 is 11.9 Å². The highest BCUT2D eigenvalue weighted by Crippen LogP contribution is 2.26. The molecule has 0 fully saturated rings. The first-order chi connectivity index (χ1) is 9.75. The number of rotatable bonds is 6. The Hall–Kier alpha value is -2.37. The van der Waals surface area contributed by atoms with Gasteiger partial charge in [0.05, 0.1) is 24.8 Å². The van der Waals surface area contributed by atoms with E-state index in [9.17, 15) is 14.4 Å². The molecule has 0 spiro atoms. The van der Waals surface area contributed by atoms with Crippen LogP contribution in [0.4, 0.5) is 5.69 Å². The molecule has 1 amide bonds. The van der Waals surface area contributed by atoms with Crippen LogP contribution in [0, 0.1) is 5.41 Å². The molecule has 1 rings (SSSR count). The summed E-state index contributed by atoms with van der Waals surface area (Å²) >= 11 is 0. The predicted octanol–water partition coefficient (Wildman–Crippen LogP) is 2.30. The zero-order valence-electron chi connectivity index (χ0n) is 12.3. The Morgan fingerprint density at radius 3 is 2.38 bits per heavy atom. The van der Waals surface area contributed by atoms with Crippen LogP contribution >= 0.6 is 0 Å². The smallest absolute Gasteiger partial charge is 0.339 e. The third-order valence-electron chi connectivity index (χ3n) is 2.88. The molecule has 0 unspecified atom stereocenters. The summed E-state index contributed by atoms with van der Waals surface area (Å²) in [7, 11) is 1.26. The zero-order chi connectivity index (χ0) is 16.0. The molecule has 6 heteroatoms. The van der Waals surface area contributed by atoms with E-state index in [0.717, 1.165) is 0 Å². The number of carboxylic acid groups (broad SMARTS) is 1. The predicted molar refractivity (Wildman–Crippen MR) is 77.1 cm³/mol. The van der Waals surface area contributed by atoms with Crippen molar-refractivity contribution in [2.45, 2.75) is 26.7 Å². The number of esters is 1. The van der Waals surface area contributed by atoms with Crippen LogP contribution in [0.2, 0.25) is 0 Å². The molecule has 0 radical (unpaired) electrons. The Bertz CT molecular complexity index is 551. The van der Waals surface area contributed by atoms with Gasteiger partial charge in [0.1, 0.15) is 0 Å². The van der Waals surface area contributed by atoms with E-state index < -0.39 is 17.4 Å². The van der Waals surface area contributed by atoms with E-state index in [4.69, 9.17) is 5.11 Å². The number of methoxy groups -OCH3 is 1. The van der Waals surface area contributed by atoms with Crippen molar-refractivity contribution in [3.8, 4) is 0 Å². The van der Waals surface area contributed by atoms with Crippen LogP contribution in [-0.2, 0) is 14.3 Å². The molecule has 114 valence electrons. The lowest BCUT2D eigenvalue weighted by atomic mass is 9.85. The maximum absolute atomic E-state index is 12.0. The van der Waals surface area contributed by atoms with Crippen LogP contribution in [0.5, 0.6) is 0 Å². The van der Waals surface area contributed by atoms with Gasteiger partial charge in [0.25, 0.3) is 0 Å². The molecule has 1 aromatic carbocycles. The number of anilines is 1. The number of aliphatic carboxylic acids is 1. The monoisotopic (exact) mass is 293 g/mol. The van der Waals surface area contributed by atoms with Gasteiger partial charge in [0.2, 0.25) is 5.91 Å². The zero-order valence-corrected chi connectivity index (χ0v) is 12.3. The number of carboxylic acids is 1. The number of hydrogen-bond acceptors (Lipinski definition) is 4. The highest BCUT2D eigenvalue weighted by Gasteiger charge is 2.25. The summed E-state index contributed by atoms with van der Waals surface area (Å²) in [5, 5.41) is 11.4. The molecule has 6 nitrogen and oxygen atoms in total. The van der Waals surface area contributed by atoms with E-state index in [1.54, 1.807) is 38.1 Å². The number of carbonyl (C=O) groups is 3. The number of para-hydroxylation sites is 1. The van der Waals surface area contributed by atoms with Gasteiger partial charge in [-0.3, -0.25) is 9.59 Å². The van der Waals surface area contributed by atoms with Gasteiger partial charge in [-0.05, 0) is 17.5 Å². The molecule has 0 heterocycles. The Morgan fingerprint density at radius 2 is 1.81 bits per heavy atom. The fourth-order valence-corrected chi connectivity index (χ4v) is 1.98. The minimum absolute atomic E-state index is 0.0365. The fraction of sp³-hybridized carbons (Fsp3) is 0.400. The van der Waals surface area contributed by atoms with Crippen LogP contribution < -0.4 is 5.32 Å². The largest absolute Gasteiger partial charge is 0.481 e. The average molecular weight is 293 g/mol. The molecule has 0 aliphatic rings. The number of hydrogen-bond donors (Lipinski definition) is 2. The molecule has 0 aliphatic carbocycles. The Morgan fingerprint density at radius 1 is 1.19 bits per heavy atom. The SMILES string of the molecule is COC(=O)c1ccccc1NC(=O)CC(C)(C)CC(=O)O. The first-order valence-electron chi connectivity index (χ1n) is 6.44. The van der Waals surface area contributed by atoms with Crippen molar-refractivity contribution in [2.24, 2.45) is 5.41 Å². The molecule has 0 aromatic heterocycles. The molecule has 1 aromatic rings. The van der Waals surface area contributed by atoms with Gasteiger partial charge in [0, 0.05) is 6.42 Å². The summed E-state index contributed by atoms with van der Waals surface area (Å²) in [5.74, 6) is -1.85. The normalized spacial score (nSPS) is 10.8. The number of nitrogens with one attached hydrogen (secondary N) is 1. The standard InChI is InChI=1S/C15H19NO5/c1-15(2,9-13(18)19)8-12(17)16-11-7-5-4-6-10(11)14(20)21-3/h4-7H,8-9H2,1-3H3,(H,16,17)(H,18,19). The van der Waals surface area contributed by atoms with Gasteiger partial charge in [0.15, 0.2) is 0 Å². The van der Waals surface area contributed by atoms with Gasteiger partial charge in [-0.2, -0.15) is 0 Å². The van der Waals surface area contributed by atoms with Gasteiger partial charge in [-0.15, -0.1) is 0 Å². The summed E-state index contributed by atoms with van der Waals surface area (Å²) in [5.41, 5.74) is -0.0688. The van der Waals surface area contributed by atoms with E-state index in [1.165, 1.54) is 7.11 Å². The summed E-state index contributed by atoms with van der Waals surface area (Å²) in [6, 6.07) is 6.49.